The minimum Gasteiger partial charge on any atom is -0.462 e. The first-order valence-electron chi connectivity index (χ1n) is 7.35. The van der Waals surface area contributed by atoms with E-state index in [4.69, 9.17) is 4.42 Å². The van der Waals surface area contributed by atoms with E-state index < -0.39 is 0 Å². The molecule has 1 aromatic carbocycles. The number of rotatable bonds is 3. The van der Waals surface area contributed by atoms with E-state index in [9.17, 15) is 4.79 Å². The van der Waals surface area contributed by atoms with Crippen LogP contribution in [0.5, 0.6) is 0 Å². The molecule has 0 radical (unpaired) electrons. The zero-order valence-electron chi connectivity index (χ0n) is 12.1. The van der Waals surface area contributed by atoms with Gasteiger partial charge in [0.2, 0.25) is 5.91 Å². The van der Waals surface area contributed by atoms with Gasteiger partial charge in [0, 0.05) is 6.08 Å². The van der Waals surface area contributed by atoms with Crippen molar-refractivity contribution in [1.82, 2.24) is 5.32 Å². The number of hydrogen-bond donors (Lipinski definition) is 1. The Kier molecular flexibility index (Phi) is 3.91. The number of amides is 1. The molecule has 1 heterocycles. The van der Waals surface area contributed by atoms with Crippen LogP contribution in [0.3, 0.4) is 0 Å². The molecule has 0 unspecified atom stereocenters. The van der Waals surface area contributed by atoms with Crippen molar-refractivity contribution in [2.75, 3.05) is 0 Å². The van der Waals surface area contributed by atoms with Crippen LogP contribution in [0.25, 0.3) is 6.08 Å². The zero-order valence-corrected chi connectivity index (χ0v) is 12.1. The standard InChI is InChI=1S/C18H19NO2/c1-13-9-10-15(21-13)11-12-18(20)19-17-8-4-6-14-5-2-3-7-16(14)17/h2-3,5,7,9-12,17H,4,6,8H2,1H3,(H,19,20)/b12-11+/t17-/m0/s1. The summed E-state index contributed by atoms with van der Waals surface area (Å²) in [5.74, 6) is 1.47. The fourth-order valence-electron chi connectivity index (χ4n) is 2.82. The summed E-state index contributed by atoms with van der Waals surface area (Å²) in [4.78, 5) is 12.1. The van der Waals surface area contributed by atoms with Gasteiger partial charge in [0.05, 0.1) is 6.04 Å². The van der Waals surface area contributed by atoms with Crippen LogP contribution in [-0.4, -0.2) is 5.91 Å². The SMILES string of the molecule is Cc1ccc(/C=C/C(=O)N[C@H]2CCCc3ccccc32)o1. The second kappa shape index (κ2) is 6.00. The van der Waals surface area contributed by atoms with Gasteiger partial charge in [-0.2, -0.15) is 0 Å². The molecule has 0 bridgehead atoms. The van der Waals surface area contributed by atoms with Gasteiger partial charge in [-0.1, -0.05) is 24.3 Å². The maximum atomic E-state index is 12.1. The van der Waals surface area contributed by atoms with Crippen LogP contribution in [-0.2, 0) is 11.2 Å². The Morgan fingerprint density at radius 1 is 1.29 bits per heavy atom. The molecule has 0 aliphatic heterocycles. The first-order valence-corrected chi connectivity index (χ1v) is 7.35. The van der Waals surface area contributed by atoms with Crippen LogP contribution in [0.1, 0.15) is 41.5 Å². The highest BCUT2D eigenvalue weighted by Crippen LogP contribution is 2.29. The minimum atomic E-state index is -0.0780. The van der Waals surface area contributed by atoms with Crippen LogP contribution in [0.4, 0.5) is 0 Å². The van der Waals surface area contributed by atoms with E-state index in [0.29, 0.717) is 5.76 Å². The molecule has 21 heavy (non-hydrogen) atoms. The summed E-state index contributed by atoms with van der Waals surface area (Å²) >= 11 is 0. The molecule has 1 N–H and O–H groups in total. The Labute approximate surface area is 124 Å². The molecule has 2 aromatic rings. The van der Waals surface area contributed by atoms with Gasteiger partial charge in [-0.05, 0) is 55.5 Å². The lowest BCUT2D eigenvalue weighted by Crippen LogP contribution is -2.29. The van der Waals surface area contributed by atoms with E-state index in [1.54, 1.807) is 6.08 Å². The number of aryl methyl sites for hydroxylation is 2. The number of carbonyl (C=O) groups is 1. The van der Waals surface area contributed by atoms with Crippen LogP contribution in [0.15, 0.2) is 46.9 Å². The average molecular weight is 281 g/mol. The molecule has 0 spiro atoms. The van der Waals surface area contributed by atoms with Gasteiger partial charge >= 0.3 is 0 Å². The van der Waals surface area contributed by atoms with Gasteiger partial charge < -0.3 is 9.73 Å². The molecule has 3 nitrogen and oxygen atoms in total. The molecule has 1 aromatic heterocycles. The molecule has 0 saturated carbocycles. The maximum Gasteiger partial charge on any atom is 0.244 e. The largest absolute Gasteiger partial charge is 0.462 e. The summed E-state index contributed by atoms with van der Waals surface area (Å²) in [7, 11) is 0. The minimum absolute atomic E-state index is 0.0780. The molecular weight excluding hydrogens is 262 g/mol. The molecule has 3 rings (SSSR count). The summed E-state index contributed by atoms with van der Waals surface area (Å²) < 4.78 is 5.41. The smallest absolute Gasteiger partial charge is 0.244 e. The molecule has 0 fully saturated rings. The summed E-state index contributed by atoms with van der Waals surface area (Å²) in [5, 5.41) is 3.08. The van der Waals surface area contributed by atoms with Crippen molar-refractivity contribution < 1.29 is 9.21 Å². The van der Waals surface area contributed by atoms with E-state index in [0.717, 1.165) is 25.0 Å². The van der Waals surface area contributed by atoms with Gasteiger partial charge in [-0.15, -0.1) is 0 Å². The van der Waals surface area contributed by atoms with Crippen LogP contribution in [0.2, 0.25) is 0 Å². The normalized spacial score (nSPS) is 17.7. The van der Waals surface area contributed by atoms with E-state index in [1.807, 2.05) is 25.1 Å². The summed E-state index contributed by atoms with van der Waals surface area (Å²) in [6, 6.07) is 12.2. The second-order valence-electron chi connectivity index (χ2n) is 5.43. The van der Waals surface area contributed by atoms with E-state index in [-0.39, 0.29) is 11.9 Å². The van der Waals surface area contributed by atoms with Crippen LogP contribution >= 0.6 is 0 Å². The van der Waals surface area contributed by atoms with E-state index >= 15 is 0 Å². The first kappa shape index (κ1) is 13.7. The molecule has 0 saturated heterocycles. The number of fused-ring (bicyclic) bond motifs is 1. The third-order valence-electron chi connectivity index (χ3n) is 3.85. The molecule has 108 valence electrons. The quantitative estimate of drug-likeness (QED) is 0.870. The topological polar surface area (TPSA) is 42.2 Å². The number of carbonyl (C=O) groups excluding carboxylic acids is 1. The van der Waals surface area contributed by atoms with Crippen LogP contribution in [0, 0.1) is 6.92 Å². The van der Waals surface area contributed by atoms with E-state index in [1.165, 1.54) is 17.2 Å². The lowest BCUT2D eigenvalue weighted by Gasteiger charge is -2.25. The Hall–Kier alpha value is -2.29. The van der Waals surface area contributed by atoms with Crippen molar-refractivity contribution in [2.24, 2.45) is 0 Å². The van der Waals surface area contributed by atoms with Crippen molar-refractivity contribution >= 4 is 12.0 Å². The monoisotopic (exact) mass is 281 g/mol. The number of hydrogen-bond acceptors (Lipinski definition) is 2. The van der Waals surface area contributed by atoms with Crippen molar-refractivity contribution in [3.63, 3.8) is 0 Å². The van der Waals surface area contributed by atoms with Gasteiger partial charge in [0.1, 0.15) is 11.5 Å². The predicted molar refractivity (Wildman–Crippen MR) is 82.7 cm³/mol. The fourth-order valence-corrected chi connectivity index (χ4v) is 2.82. The fraction of sp³-hybridized carbons (Fsp3) is 0.278. The Bertz CT molecular complexity index is 669. The third-order valence-corrected chi connectivity index (χ3v) is 3.85. The molecule has 1 aliphatic rings. The number of furan rings is 1. The Balaban J connectivity index is 1.67. The number of benzene rings is 1. The van der Waals surface area contributed by atoms with Gasteiger partial charge in [0.25, 0.3) is 0 Å². The lowest BCUT2D eigenvalue weighted by molar-refractivity contribution is -0.117. The van der Waals surface area contributed by atoms with Crippen LogP contribution < -0.4 is 5.32 Å². The molecular formula is C18H19NO2. The molecule has 1 amide bonds. The highest BCUT2D eigenvalue weighted by atomic mass is 16.3. The highest BCUT2D eigenvalue weighted by molar-refractivity contribution is 5.91. The van der Waals surface area contributed by atoms with Crippen molar-refractivity contribution in [3.8, 4) is 0 Å². The molecule has 1 aliphatic carbocycles. The Morgan fingerprint density at radius 3 is 2.95 bits per heavy atom. The van der Waals surface area contributed by atoms with Crippen molar-refractivity contribution in [1.29, 1.82) is 0 Å². The molecule has 3 heteroatoms. The Morgan fingerprint density at radius 2 is 2.14 bits per heavy atom. The van der Waals surface area contributed by atoms with Gasteiger partial charge in [0.15, 0.2) is 0 Å². The summed E-state index contributed by atoms with van der Waals surface area (Å²) in [6.07, 6.45) is 6.45. The highest BCUT2D eigenvalue weighted by Gasteiger charge is 2.20. The van der Waals surface area contributed by atoms with Gasteiger partial charge in [-0.25, -0.2) is 0 Å². The van der Waals surface area contributed by atoms with Gasteiger partial charge in [-0.3, -0.25) is 4.79 Å². The zero-order chi connectivity index (χ0) is 14.7. The average Bonchev–Trinajstić information content (AvgIpc) is 2.91. The maximum absolute atomic E-state index is 12.1. The summed E-state index contributed by atoms with van der Waals surface area (Å²) in [6.45, 7) is 1.89. The lowest BCUT2D eigenvalue weighted by atomic mass is 9.88. The molecule has 1 atom stereocenters. The second-order valence-corrected chi connectivity index (χ2v) is 5.43. The first-order chi connectivity index (χ1) is 10.2. The van der Waals surface area contributed by atoms with E-state index in [2.05, 4.69) is 23.5 Å². The predicted octanol–water partition coefficient (Wildman–Crippen LogP) is 3.80. The number of nitrogens with one attached hydrogen (secondary N) is 1. The summed E-state index contributed by atoms with van der Waals surface area (Å²) in [5.41, 5.74) is 2.60. The third kappa shape index (κ3) is 3.24. The van der Waals surface area contributed by atoms with Crippen molar-refractivity contribution in [3.05, 3.63) is 65.1 Å². The van der Waals surface area contributed by atoms with Crippen molar-refractivity contribution in [2.45, 2.75) is 32.2 Å².